The van der Waals surface area contributed by atoms with Gasteiger partial charge in [-0.05, 0) is 24.2 Å². The standard InChI is InChI=1S/C13H16N4O2S/c1-3-13(9-7-5-4-6-8-9)10(18)17(12(19)15-13)16-11(20)14-2/h4-8H,3H2,1-2H3,(H,15,19)(H2,14,16,20)/t13-/m1/s1. The maximum atomic E-state index is 12.6. The molecule has 6 nitrogen and oxygen atoms in total. The highest BCUT2D eigenvalue weighted by atomic mass is 32.1. The van der Waals surface area contributed by atoms with E-state index in [4.69, 9.17) is 12.2 Å². The predicted octanol–water partition coefficient (Wildman–Crippen LogP) is 0.853. The highest BCUT2D eigenvalue weighted by Gasteiger charge is 2.51. The summed E-state index contributed by atoms with van der Waals surface area (Å²) in [5.74, 6) is -0.367. The van der Waals surface area contributed by atoms with Crippen LogP contribution in [0.15, 0.2) is 30.3 Å². The molecule has 1 fully saturated rings. The fourth-order valence-corrected chi connectivity index (χ4v) is 2.29. The molecule has 3 amide bonds. The minimum atomic E-state index is -1.05. The van der Waals surface area contributed by atoms with Gasteiger partial charge >= 0.3 is 6.03 Å². The van der Waals surface area contributed by atoms with Gasteiger partial charge < -0.3 is 10.6 Å². The molecule has 0 unspecified atom stereocenters. The Morgan fingerprint density at radius 1 is 1.35 bits per heavy atom. The lowest BCUT2D eigenvalue weighted by molar-refractivity contribution is -0.133. The number of urea groups is 1. The van der Waals surface area contributed by atoms with Gasteiger partial charge in [-0.3, -0.25) is 10.2 Å². The van der Waals surface area contributed by atoms with Crippen molar-refractivity contribution in [3.8, 4) is 0 Å². The normalized spacial score (nSPS) is 21.6. The van der Waals surface area contributed by atoms with Gasteiger partial charge in [-0.25, -0.2) is 4.79 Å². The summed E-state index contributed by atoms with van der Waals surface area (Å²) in [6.07, 6.45) is 0.450. The Kier molecular flexibility index (Phi) is 3.89. The molecule has 1 aromatic rings. The average Bonchev–Trinajstić information content (AvgIpc) is 2.73. The average molecular weight is 292 g/mol. The van der Waals surface area contributed by atoms with E-state index < -0.39 is 11.6 Å². The van der Waals surface area contributed by atoms with Crippen LogP contribution >= 0.6 is 12.2 Å². The van der Waals surface area contributed by atoms with Crippen molar-refractivity contribution in [2.24, 2.45) is 0 Å². The van der Waals surface area contributed by atoms with Crippen LogP contribution in [0.2, 0.25) is 0 Å². The zero-order chi connectivity index (χ0) is 14.8. The summed E-state index contributed by atoms with van der Waals surface area (Å²) >= 11 is 4.93. The first kappa shape index (κ1) is 14.3. The van der Waals surface area contributed by atoms with E-state index in [1.807, 2.05) is 37.3 Å². The lowest BCUT2D eigenvalue weighted by Crippen LogP contribution is -2.50. The number of hydrogen-bond acceptors (Lipinski definition) is 3. The molecule has 1 aliphatic rings. The maximum Gasteiger partial charge on any atom is 0.344 e. The summed E-state index contributed by atoms with van der Waals surface area (Å²) in [4.78, 5) is 24.6. The van der Waals surface area contributed by atoms with Crippen LogP contribution in [0.1, 0.15) is 18.9 Å². The van der Waals surface area contributed by atoms with Crippen LogP contribution in [-0.2, 0) is 10.3 Å². The molecular formula is C13H16N4O2S. The van der Waals surface area contributed by atoms with Crippen LogP contribution in [0.25, 0.3) is 0 Å². The molecular weight excluding hydrogens is 276 g/mol. The van der Waals surface area contributed by atoms with Gasteiger partial charge in [0.25, 0.3) is 5.91 Å². The van der Waals surface area contributed by atoms with E-state index in [-0.39, 0.29) is 11.0 Å². The highest BCUT2D eigenvalue weighted by molar-refractivity contribution is 7.80. The number of thiocarbonyl (C=S) groups is 1. The van der Waals surface area contributed by atoms with Crippen LogP contribution in [0.5, 0.6) is 0 Å². The van der Waals surface area contributed by atoms with Crippen LogP contribution in [-0.4, -0.2) is 29.1 Å². The summed E-state index contributed by atoms with van der Waals surface area (Å²) in [5.41, 5.74) is 2.28. The lowest BCUT2D eigenvalue weighted by atomic mass is 9.87. The second-order valence-corrected chi connectivity index (χ2v) is 4.79. The molecule has 3 N–H and O–H groups in total. The van der Waals surface area contributed by atoms with Crippen LogP contribution in [0.4, 0.5) is 4.79 Å². The third-order valence-corrected chi connectivity index (χ3v) is 3.62. The predicted molar refractivity (Wildman–Crippen MR) is 78.6 cm³/mol. The number of nitrogens with one attached hydrogen (secondary N) is 3. The van der Waals surface area contributed by atoms with E-state index in [1.54, 1.807) is 7.05 Å². The quantitative estimate of drug-likeness (QED) is 0.569. The van der Waals surface area contributed by atoms with Crippen molar-refractivity contribution < 1.29 is 9.59 Å². The maximum absolute atomic E-state index is 12.6. The second kappa shape index (κ2) is 5.46. The van der Waals surface area contributed by atoms with Gasteiger partial charge in [0.15, 0.2) is 5.11 Å². The molecule has 7 heteroatoms. The Morgan fingerprint density at radius 2 is 2.00 bits per heavy atom. The molecule has 0 aromatic heterocycles. The zero-order valence-corrected chi connectivity index (χ0v) is 12.1. The molecule has 0 spiro atoms. The molecule has 106 valence electrons. The Bertz CT molecular complexity index is 549. The van der Waals surface area contributed by atoms with E-state index in [9.17, 15) is 9.59 Å². The van der Waals surface area contributed by atoms with Gasteiger partial charge in [0.1, 0.15) is 5.54 Å². The van der Waals surface area contributed by atoms with E-state index in [1.165, 1.54) is 0 Å². The Hall–Kier alpha value is -2.15. The molecule has 0 aliphatic carbocycles. The topological polar surface area (TPSA) is 73.5 Å². The number of amides is 3. The number of hydrogen-bond donors (Lipinski definition) is 3. The van der Waals surface area contributed by atoms with Crippen molar-refractivity contribution in [3.05, 3.63) is 35.9 Å². The Labute approximate surface area is 122 Å². The van der Waals surface area contributed by atoms with Crippen LogP contribution in [0.3, 0.4) is 0 Å². The first-order valence-corrected chi connectivity index (χ1v) is 6.66. The van der Waals surface area contributed by atoms with E-state index in [0.717, 1.165) is 10.6 Å². The molecule has 20 heavy (non-hydrogen) atoms. The van der Waals surface area contributed by atoms with E-state index in [0.29, 0.717) is 6.42 Å². The largest absolute Gasteiger partial charge is 0.364 e. The molecule has 1 atom stereocenters. The van der Waals surface area contributed by atoms with Crippen molar-refractivity contribution >= 4 is 29.3 Å². The number of hydrazine groups is 1. The number of nitrogens with zero attached hydrogens (tertiary/aromatic N) is 1. The SMILES string of the molecule is CC[C@]1(c2ccccc2)NC(=O)N(NC(=S)NC)C1=O. The fourth-order valence-electron chi connectivity index (χ4n) is 2.20. The van der Waals surface area contributed by atoms with Gasteiger partial charge in [-0.15, -0.1) is 0 Å². The minimum absolute atomic E-state index is 0.202. The zero-order valence-electron chi connectivity index (χ0n) is 11.3. The highest BCUT2D eigenvalue weighted by Crippen LogP contribution is 2.31. The Morgan fingerprint density at radius 3 is 2.55 bits per heavy atom. The molecule has 1 aliphatic heterocycles. The van der Waals surface area contributed by atoms with Crippen LogP contribution in [0, 0.1) is 0 Å². The summed E-state index contributed by atoms with van der Waals surface area (Å²) in [5, 5.41) is 6.53. The minimum Gasteiger partial charge on any atom is -0.364 e. The first-order valence-electron chi connectivity index (χ1n) is 6.25. The van der Waals surface area contributed by atoms with Gasteiger partial charge in [-0.1, -0.05) is 37.3 Å². The smallest absolute Gasteiger partial charge is 0.344 e. The first-order chi connectivity index (χ1) is 9.55. The fraction of sp³-hybridized carbons (Fsp3) is 0.308. The van der Waals surface area contributed by atoms with Crippen molar-refractivity contribution in [2.75, 3.05) is 7.05 Å². The molecule has 1 saturated heterocycles. The number of rotatable bonds is 3. The van der Waals surface area contributed by atoms with Crippen molar-refractivity contribution in [1.82, 2.24) is 21.1 Å². The molecule has 0 bridgehead atoms. The molecule has 2 rings (SSSR count). The van der Waals surface area contributed by atoms with Crippen molar-refractivity contribution in [1.29, 1.82) is 0 Å². The van der Waals surface area contributed by atoms with Gasteiger partial charge in [-0.2, -0.15) is 5.01 Å². The molecule has 1 heterocycles. The number of imide groups is 1. The molecule has 1 aromatic carbocycles. The van der Waals surface area contributed by atoms with Gasteiger partial charge in [0.2, 0.25) is 0 Å². The number of carbonyl (C=O) groups is 2. The molecule has 0 radical (unpaired) electrons. The van der Waals surface area contributed by atoms with Crippen molar-refractivity contribution in [2.45, 2.75) is 18.9 Å². The third kappa shape index (κ3) is 2.20. The monoisotopic (exact) mass is 292 g/mol. The third-order valence-electron chi connectivity index (χ3n) is 3.33. The summed E-state index contributed by atoms with van der Waals surface area (Å²) < 4.78 is 0. The van der Waals surface area contributed by atoms with E-state index >= 15 is 0 Å². The van der Waals surface area contributed by atoms with E-state index in [2.05, 4.69) is 16.1 Å². The summed E-state index contributed by atoms with van der Waals surface area (Å²) in [6.45, 7) is 1.85. The Balaban J connectivity index is 2.36. The molecule has 0 saturated carbocycles. The van der Waals surface area contributed by atoms with Crippen LogP contribution < -0.4 is 16.1 Å². The number of carbonyl (C=O) groups excluding carboxylic acids is 2. The van der Waals surface area contributed by atoms with Crippen molar-refractivity contribution in [3.63, 3.8) is 0 Å². The summed E-state index contributed by atoms with van der Waals surface area (Å²) in [7, 11) is 1.61. The second-order valence-electron chi connectivity index (χ2n) is 4.39. The summed E-state index contributed by atoms with van der Waals surface area (Å²) in [6, 6.07) is 8.66. The lowest BCUT2D eigenvalue weighted by Gasteiger charge is -2.25. The van der Waals surface area contributed by atoms with Gasteiger partial charge in [0, 0.05) is 7.05 Å². The van der Waals surface area contributed by atoms with Gasteiger partial charge in [0.05, 0.1) is 0 Å². The number of benzene rings is 1.